The number of aromatic amines is 1. The molecule has 9 heteroatoms. The Morgan fingerprint density at radius 2 is 1.89 bits per heavy atom. The Morgan fingerprint density at radius 3 is 2.59 bits per heavy atom. The Labute approximate surface area is 156 Å². The van der Waals surface area contributed by atoms with Crippen LogP contribution in [-0.2, 0) is 14.8 Å². The summed E-state index contributed by atoms with van der Waals surface area (Å²) >= 11 is 0. The van der Waals surface area contributed by atoms with Crippen molar-refractivity contribution in [2.24, 2.45) is 0 Å². The van der Waals surface area contributed by atoms with Gasteiger partial charge >= 0.3 is 0 Å². The third kappa shape index (κ3) is 4.69. The number of halogens is 1. The standard InChI is InChI=1S/C18H19FN4O3S/c1-12(18-22-15-4-2-3-5-16(15)23-18)21-17(24)10-11-20-27(25,26)14-8-6-13(19)7-9-14/h2-9,12,20H,10-11H2,1H3,(H,21,24)(H,22,23). The van der Waals surface area contributed by atoms with Crippen LogP contribution in [0.4, 0.5) is 4.39 Å². The molecule has 0 spiro atoms. The van der Waals surface area contributed by atoms with Crippen molar-refractivity contribution in [3.8, 4) is 0 Å². The second kappa shape index (κ2) is 7.85. The summed E-state index contributed by atoms with van der Waals surface area (Å²) in [6, 6.07) is 11.6. The summed E-state index contributed by atoms with van der Waals surface area (Å²) in [6.07, 6.45) is -0.0367. The van der Waals surface area contributed by atoms with Crippen LogP contribution in [0.5, 0.6) is 0 Å². The number of hydrogen-bond donors (Lipinski definition) is 3. The van der Waals surface area contributed by atoms with Gasteiger partial charge in [-0.25, -0.2) is 22.5 Å². The fraction of sp³-hybridized carbons (Fsp3) is 0.222. The second-order valence-corrected chi connectivity index (χ2v) is 7.80. The predicted molar refractivity (Wildman–Crippen MR) is 98.9 cm³/mol. The monoisotopic (exact) mass is 390 g/mol. The molecule has 1 unspecified atom stereocenters. The van der Waals surface area contributed by atoms with Crippen molar-refractivity contribution in [3.05, 3.63) is 60.2 Å². The molecule has 27 heavy (non-hydrogen) atoms. The van der Waals surface area contributed by atoms with Gasteiger partial charge in [0, 0.05) is 13.0 Å². The molecule has 1 heterocycles. The van der Waals surface area contributed by atoms with E-state index < -0.39 is 15.8 Å². The third-order valence-corrected chi connectivity index (χ3v) is 5.44. The van der Waals surface area contributed by atoms with Crippen LogP contribution in [0.1, 0.15) is 25.2 Å². The number of carbonyl (C=O) groups is 1. The van der Waals surface area contributed by atoms with Gasteiger partial charge in [0.25, 0.3) is 0 Å². The predicted octanol–water partition coefficient (Wildman–Crippen LogP) is 2.25. The zero-order valence-electron chi connectivity index (χ0n) is 14.6. The molecule has 0 fully saturated rings. The van der Waals surface area contributed by atoms with E-state index in [4.69, 9.17) is 0 Å². The lowest BCUT2D eigenvalue weighted by Crippen LogP contribution is -2.32. The highest BCUT2D eigenvalue weighted by atomic mass is 32.2. The average Bonchev–Trinajstić information content (AvgIpc) is 3.06. The van der Waals surface area contributed by atoms with E-state index in [2.05, 4.69) is 20.0 Å². The third-order valence-electron chi connectivity index (χ3n) is 3.96. The summed E-state index contributed by atoms with van der Waals surface area (Å²) in [5, 5.41) is 2.77. The van der Waals surface area contributed by atoms with Crippen LogP contribution in [0.25, 0.3) is 11.0 Å². The van der Waals surface area contributed by atoms with Crippen molar-refractivity contribution in [1.29, 1.82) is 0 Å². The first-order valence-electron chi connectivity index (χ1n) is 8.34. The minimum Gasteiger partial charge on any atom is -0.346 e. The molecule has 0 saturated carbocycles. The van der Waals surface area contributed by atoms with Gasteiger partial charge in [0.2, 0.25) is 15.9 Å². The van der Waals surface area contributed by atoms with Gasteiger partial charge in [0.1, 0.15) is 11.6 Å². The van der Waals surface area contributed by atoms with Gasteiger partial charge < -0.3 is 10.3 Å². The van der Waals surface area contributed by atoms with Crippen LogP contribution < -0.4 is 10.0 Å². The average molecular weight is 390 g/mol. The molecular formula is C18H19FN4O3S. The van der Waals surface area contributed by atoms with Gasteiger partial charge in [-0.3, -0.25) is 4.79 Å². The van der Waals surface area contributed by atoms with E-state index in [0.717, 1.165) is 23.2 Å². The van der Waals surface area contributed by atoms with E-state index in [0.29, 0.717) is 5.82 Å². The summed E-state index contributed by atoms with van der Waals surface area (Å²) in [5.74, 6) is -0.214. The number of rotatable bonds is 7. The zero-order valence-corrected chi connectivity index (χ0v) is 15.4. The van der Waals surface area contributed by atoms with Gasteiger partial charge in [-0.2, -0.15) is 0 Å². The minimum absolute atomic E-state index is 0.0367. The molecule has 3 aromatic rings. The lowest BCUT2D eigenvalue weighted by atomic mass is 10.3. The fourth-order valence-electron chi connectivity index (χ4n) is 2.56. The van der Waals surface area contributed by atoms with Crippen molar-refractivity contribution in [2.45, 2.75) is 24.3 Å². The van der Waals surface area contributed by atoms with Crippen LogP contribution in [0, 0.1) is 5.82 Å². The number of carbonyl (C=O) groups excluding carboxylic acids is 1. The van der Waals surface area contributed by atoms with Crippen LogP contribution >= 0.6 is 0 Å². The smallest absolute Gasteiger partial charge is 0.240 e. The summed E-state index contributed by atoms with van der Waals surface area (Å²) in [7, 11) is -3.79. The Morgan fingerprint density at radius 1 is 1.19 bits per heavy atom. The first-order valence-corrected chi connectivity index (χ1v) is 9.83. The number of benzene rings is 2. The van der Waals surface area contributed by atoms with Gasteiger partial charge in [0.05, 0.1) is 22.0 Å². The van der Waals surface area contributed by atoms with Gasteiger partial charge in [0.15, 0.2) is 0 Å². The molecule has 3 N–H and O–H groups in total. The van der Waals surface area contributed by atoms with Gasteiger partial charge in [-0.15, -0.1) is 0 Å². The largest absolute Gasteiger partial charge is 0.346 e. The quantitative estimate of drug-likeness (QED) is 0.575. The molecule has 1 amide bonds. The molecule has 2 aromatic carbocycles. The van der Waals surface area contributed by atoms with Gasteiger partial charge in [-0.05, 0) is 43.3 Å². The maximum Gasteiger partial charge on any atom is 0.240 e. The Bertz CT molecular complexity index is 1010. The number of imidazole rings is 1. The number of amides is 1. The first kappa shape index (κ1) is 19.0. The number of para-hydroxylation sites is 2. The highest BCUT2D eigenvalue weighted by Crippen LogP contribution is 2.15. The number of sulfonamides is 1. The highest BCUT2D eigenvalue weighted by molar-refractivity contribution is 7.89. The van der Waals surface area contributed by atoms with Crippen molar-refractivity contribution in [3.63, 3.8) is 0 Å². The second-order valence-electron chi connectivity index (χ2n) is 6.03. The van der Waals surface area contributed by atoms with E-state index in [9.17, 15) is 17.6 Å². The maximum absolute atomic E-state index is 12.9. The Hall–Kier alpha value is -2.78. The number of aromatic nitrogens is 2. The lowest BCUT2D eigenvalue weighted by Gasteiger charge is -2.12. The molecule has 0 bridgehead atoms. The number of nitrogens with one attached hydrogen (secondary N) is 3. The summed E-state index contributed by atoms with van der Waals surface area (Å²) in [5.41, 5.74) is 1.68. The van der Waals surface area contributed by atoms with E-state index in [1.165, 1.54) is 12.1 Å². The maximum atomic E-state index is 12.9. The number of fused-ring (bicyclic) bond motifs is 1. The van der Waals surface area contributed by atoms with E-state index in [1.54, 1.807) is 6.92 Å². The Balaban J connectivity index is 1.52. The normalized spacial score (nSPS) is 12.8. The molecule has 0 aliphatic heterocycles. The summed E-state index contributed by atoms with van der Waals surface area (Å²) in [4.78, 5) is 19.6. The topological polar surface area (TPSA) is 104 Å². The van der Waals surface area contributed by atoms with Crippen molar-refractivity contribution in [2.75, 3.05) is 6.54 Å². The first-order chi connectivity index (χ1) is 12.8. The van der Waals surface area contributed by atoms with Crippen LogP contribution in [-0.4, -0.2) is 30.8 Å². The molecule has 3 rings (SSSR count). The Kier molecular flexibility index (Phi) is 5.52. The van der Waals surface area contributed by atoms with Gasteiger partial charge in [-0.1, -0.05) is 12.1 Å². The number of hydrogen-bond acceptors (Lipinski definition) is 4. The van der Waals surface area contributed by atoms with E-state index in [-0.39, 0.29) is 29.8 Å². The molecule has 0 aliphatic rings. The highest BCUT2D eigenvalue weighted by Gasteiger charge is 2.16. The molecule has 0 radical (unpaired) electrons. The van der Waals surface area contributed by atoms with Crippen molar-refractivity contribution in [1.82, 2.24) is 20.0 Å². The summed E-state index contributed by atoms with van der Waals surface area (Å²) in [6.45, 7) is 1.72. The lowest BCUT2D eigenvalue weighted by molar-refractivity contribution is -0.121. The molecule has 1 atom stereocenters. The van der Waals surface area contributed by atoms with Crippen molar-refractivity contribution < 1.29 is 17.6 Å². The number of H-pyrrole nitrogens is 1. The molecular weight excluding hydrogens is 371 g/mol. The molecule has 0 aliphatic carbocycles. The molecule has 7 nitrogen and oxygen atoms in total. The van der Waals surface area contributed by atoms with Crippen LogP contribution in [0.3, 0.4) is 0 Å². The minimum atomic E-state index is -3.79. The summed E-state index contributed by atoms with van der Waals surface area (Å²) < 4.78 is 39.4. The fourth-order valence-corrected chi connectivity index (χ4v) is 3.59. The molecule has 1 aromatic heterocycles. The SMILES string of the molecule is CC(NC(=O)CCNS(=O)(=O)c1ccc(F)cc1)c1nc2ccccc2[nH]1. The van der Waals surface area contributed by atoms with E-state index >= 15 is 0 Å². The number of nitrogens with zero attached hydrogens (tertiary/aromatic N) is 1. The van der Waals surface area contributed by atoms with Crippen LogP contribution in [0.15, 0.2) is 53.4 Å². The van der Waals surface area contributed by atoms with Crippen LogP contribution in [0.2, 0.25) is 0 Å². The molecule has 142 valence electrons. The van der Waals surface area contributed by atoms with E-state index in [1.807, 2.05) is 24.3 Å². The molecule has 0 saturated heterocycles. The van der Waals surface area contributed by atoms with Crippen molar-refractivity contribution >= 4 is 27.0 Å². The zero-order chi connectivity index (χ0) is 19.4.